The number of ether oxygens (including phenoxy) is 3. The molecule has 0 spiro atoms. The Labute approximate surface area is 126 Å². The highest BCUT2D eigenvalue weighted by atomic mass is 16.7. The molecule has 5 nitrogen and oxygen atoms in total. The van der Waals surface area contributed by atoms with Crippen molar-refractivity contribution in [2.75, 3.05) is 34.0 Å². The number of methoxy groups -OCH3 is 1. The van der Waals surface area contributed by atoms with Crippen LogP contribution in [0, 0.1) is 5.92 Å². The second-order valence-electron chi connectivity index (χ2n) is 6.05. The molecule has 0 aliphatic carbocycles. The minimum Gasteiger partial charge on any atom is -0.493 e. The molecule has 21 heavy (non-hydrogen) atoms. The summed E-state index contributed by atoms with van der Waals surface area (Å²) in [6.45, 7) is 5.72. The third kappa shape index (κ3) is 3.09. The van der Waals surface area contributed by atoms with Crippen molar-refractivity contribution in [2.45, 2.75) is 25.9 Å². The molecule has 3 rings (SSSR count). The lowest BCUT2D eigenvalue weighted by atomic mass is 9.94. The Hall–Kier alpha value is -1.46. The molecular weight excluding hydrogens is 268 g/mol. The molecule has 2 atom stereocenters. The van der Waals surface area contributed by atoms with Gasteiger partial charge in [0.1, 0.15) is 0 Å². The first kappa shape index (κ1) is 14.5. The average molecular weight is 292 g/mol. The van der Waals surface area contributed by atoms with Gasteiger partial charge in [-0.25, -0.2) is 0 Å². The molecule has 5 heteroatoms. The topological polar surface area (TPSA) is 43.0 Å². The number of rotatable bonds is 4. The van der Waals surface area contributed by atoms with Gasteiger partial charge >= 0.3 is 0 Å². The van der Waals surface area contributed by atoms with E-state index < -0.39 is 0 Å². The number of fused-ring (bicyclic) bond motifs is 1. The van der Waals surface area contributed by atoms with E-state index in [1.807, 2.05) is 12.1 Å². The first-order valence-electron chi connectivity index (χ1n) is 7.56. The van der Waals surface area contributed by atoms with Crippen LogP contribution < -0.4 is 19.5 Å². The standard InChI is InChI=1S/C16H24N2O3/c1-11-9-18(2)5-4-13(11)17-8-12-6-14(19-3)16-15(7-12)20-10-21-16/h6-7,11,13,17H,4-5,8-10H2,1-3H3. The van der Waals surface area contributed by atoms with Crippen LogP contribution in [0.4, 0.5) is 0 Å². The normalized spacial score (nSPS) is 25.1. The van der Waals surface area contributed by atoms with Gasteiger partial charge in [0.05, 0.1) is 7.11 Å². The van der Waals surface area contributed by atoms with E-state index in [0.29, 0.717) is 17.7 Å². The first-order valence-corrected chi connectivity index (χ1v) is 7.56. The van der Waals surface area contributed by atoms with E-state index in [2.05, 4.69) is 24.2 Å². The Kier molecular flexibility index (Phi) is 4.22. The molecule has 0 aromatic heterocycles. The predicted octanol–water partition coefficient (Wildman–Crippen LogP) is 1.85. The summed E-state index contributed by atoms with van der Waals surface area (Å²) < 4.78 is 16.3. The molecule has 1 aromatic rings. The molecule has 0 amide bonds. The van der Waals surface area contributed by atoms with Gasteiger partial charge in [0.15, 0.2) is 11.5 Å². The molecule has 116 valence electrons. The van der Waals surface area contributed by atoms with Gasteiger partial charge in [0.25, 0.3) is 0 Å². The van der Waals surface area contributed by atoms with Crippen LogP contribution in [0.15, 0.2) is 12.1 Å². The lowest BCUT2D eigenvalue weighted by molar-refractivity contribution is 0.171. The zero-order valence-corrected chi connectivity index (χ0v) is 13.0. The number of benzene rings is 1. The molecule has 1 saturated heterocycles. The maximum atomic E-state index is 5.47. The molecule has 2 aliphatic heterocycles. The third-order valence-electron chi connectivity index (χ3n) is 4.39. The van der Waals surface area contributed by atoms with E-state index >= 15 is 0 Å². The Morgan fingerprint density at radius 3 is 3.00 bits per heavy atom. The monoisotopic (exact) mass is 292 g/mol. The summed E-state index contributed by atoms with van der Waals surface area (Å²) in [4.78, 5) is 2.40. The zero-order chi connectivity index (χ0) is 14.8. The van der Waals surface area contributed by atoms with Gasteiger partial charge in [-0.3, -0.25) is 0 Å². The average Bonchev–Trinajstić information content (AvgIpc) is 2.93. The maximum absolute atomic E-state index is 5.47. The van der Waals surface area contributed by atoms with Crippen molar-refractivity contribution in [3.8, 4) is 17.2 Å². The second-order valence-corrected chi connectivity index (χ2v) is 6.05. The highest BCUT2D eigenvalue weighted by Crippen LogP contribution is 2.41. The number of likely N-dealkylation sites (tertiary alicyclic amines) is 1. The summed E-state index contributed by atoms with van der Waals surface area (Å²) in [7, 11) is 3.85. The number of piperidine rings is 1. The van der Waals surface area contributed by atoms with Gasteiger partial charge in [0, 0.05) is 19.1 Å². The summed E-state index contributed by atoms with van der Waals surface area (Å²) >= 11 is 0. The smallest absolute Gasteiger partial charge is 0.231 e. The van der Waals surface area contributed by atoms with Gasteiger partial charge in [-0.15, -0.1) is 0 Å². The summed E-state index contributed by atoms with van der Waals surface area (Å²) in [5.41, 5.74) is 1.17. The molecule has 1 N–H and O–H groups in total. The van der Waals surface area contributed by atoms with Crippen LogP contribution >= 0.6 is 0 Å². The molecule has 1 fully saturated rings. The molecule has 1 aromatic carbocycles. The summed E-state index contributed by atoms with van der Waals surface area (Å²) in [6, 6.07) is 4.63. The van der Waals surface area contributed by atoms with E-state index in [0.717, 1.165) is 31.1 Å². The highest BCUT2D eigenvalue weighted by molar-refractivity contribution is 5.55. The Balaban J connectivity index is 1.65. The van der Waals surface area contributed by atoms with Gasteiger partial charge in [0.2, 0.25) is 12.5 Å². The maximum Gasteiger partial charge on any atom is 0.231 e. The van der Waals surface area contributed by atoms with Gasteiger partial charge in [-0.1, -0.05) is 6.92 Å². The van der Waals surface area contributed by atoms with Crippen molar-refractivity contribution in [1.82, 2.24) is 10.2 Å². The van der Waals surface area contributed by atoms with E-state index in [9.17, 15) is 0 Å². The van der Waals surface area contributed by atoms with Crippen molar-refractivity contribution in [3.63, 3.8) is 0 Å². The lowest BCUT2D eigenvalue weighted by Gasteiger charge is -2.35. The number of nitrogens with zero attached hydrogens (tertiary/aromatic N) is 1. The summed E-state index contributed by atoms with van der Waals surface area (Å²) in [6.07, 6.45) is 1.19. The third-order valence-corrected chi connectivity index (χ3v) is 4.39. The molecule has 2 unspecified atom stereocenters. The lowest BCUT2D eigenvalue weighted by Crippen LogP contribution is -2.46. The van der Waals surface area contributed by atoms with Crippen LogP contribution in [0.3, 0.4) is 0 Å². The van der Waals surface area contributed by atoms with Crippen molar-refractivity contribution in [1.29, 1.82) is 0 Å². The van der Waals surface area contributed by atoms with Crippen LogP contribution in [0.1, 0.15) is 18.9 Å². The fourth-order valence-electron chi connectivity index (χ4n) is 3.19. The largest absolute Gasteiger partial charge is 0.493 e. The van der Waals surface area contributed by atoms with Crippen LogP contribution in [0.5, 0.6) is 17.2 Å². The molecular formula is C16H24N2O3. The van der Waals surface area contributed by atoms with E-state index in [1.54, 1.807) is 7.11 Å². The quantitative estimate of drug-likeness (QED) is 0.917. The van der Waals surface area contributed by atoms with Crippen molar-refractivity contribution in [3.05, 3.63) is 17.7 Å². The molecule has 0 saturated carbocycles. The van der Waals surface area contributed by atoms with Gasteiger partial charge in [-0.2, -0.15) is 0 Å². The zero-order valence-electron chi connectivity index (χ0n) is 13.0. The fourth-order valence-corrected chi connectivity index (χ4v) is 3.19. The molecule has 2 aliphatic rings. The van der Waals surface area contributed by atoms with Crippen LogP contribution in [-0.4, -0.2) is 45.0 Å². The summed E-state index contributed by atoms with van der Waals surface area (Å²) in [5, 5.41) is 3.67. The van der Waals surface area contributed by atoms with E-state index in [4.69, 9.17) is 14.2 Å². The van der Waals surface area contributed by atoms with Gasteiger partial charge < -0.3 is 24.4 Å². The van der Waals surface area contributed by atoms with Crippen molar-refractivity contribution < 1.29 is 14.2 Å². The number of nitrogens with one attached hydrogen (secondary N) is 1. The van der Waals surface area contributed by atoms with Crippen LogP contribution in [-0.2, 0) is 6.54 Å². The second kappa shape index (κ2) is 6.12. The Morgan fingerprint density at radius 1 is 1.38 bits per heavy atom. The predicted molar refractivity (Wildman–Crippen MR) is 81.0 cm³/mol. The number of hydrogen-bond donors (Lipinski definition) is 1. The van der Waals surface area contributed by atoms with Gasteiger partial charge in [-0.05, 0) is 43.6 Å². The molecule has 0 bridgehead atoms. The minimum absolute atomic E-state index is 0.272. The first-order chi connectivity index (χ1) is 10.2. The van der Waals surface area contributed by atoms with Crippen molar-refractivity contribution in [2.24, 2.45) is 5.92 Å². The highest BCUT2D eigenvalue weighted by Gasteiger charge is 2.24. The van der Waals surface area contributed by atoms with Crippen LogP contribution in [0.2, 0.25) is 0 Å². The van der Waals surface area contributed by atoms with E-state index in [1.165, 1.54) is 12.0 Å². The van der Waals surface area contributed by atoms with Crippen LogP contribution in [0.25, 0.3) is 0 Å². The van der Waals surface area contributed by atoms with E-state index in [-0.39, 0.29) is 6.79 Å². The molecule has 2 heterocycles. The SMILES string of the molecule is COc1cc(CNC2CCN(C)CC2C)cc2c1OCO2. The Bertz CT molecular complexity index is 507. The Morgan fingerprint density at radius 2 is 2.24 bits per heavy atom. The number of hydrogen-bond acceptors (Lipinski definition) is 5. The molecule has 0 radical (unpaired) electrons. The summed E-state index contributed by atoms with van der Waals surface area (Å²) in [5.74, 6) is 2.91. The minimum atomic E-state index is 0.272. The van der Waals surface area contributed by atoms with Crippen molar-refractivity contribution >= 4 is 0 Å². The fraction of sp³-hybridized carbons (Fsp3) is 0.625.